The van der Waals surface area contributed by atoms with Gasteiger partial charge in [0.1, 0.15) is 16.5 Å². The third kappa shape index (κ3) is 2.27. The van der Waals surface area contributed by atoms with E-state index >= 15 is 0 Å². The maximum Gasteiger partial charge on any atom is 0.143 e. The SMILES string of the molecule is Cc1nc(Nc2ccc(Cl)cc2C)c2c3c(sc2n1)CCC3. The normalized spacial score (nSPS) is 13.6. The molecule has 2 heterocycles. The molecule has 0 radical (unpaired) electrons. The Kier molecular flexibility index (Phi) is 3.31. The lowest BCUT2D eigenvalue weighted by molar-refractivity contribution is 0.917. The Labute approximate surface area is 138 Å². The summed E-state index contributed by atoms with van der Waals surface area (Å²) in [6, 6.07) is 5.88. The van der Waals surface area contributed by atoms with E-state index in [2.05, 4.69) is 22.2 Å². The van der Waals surface area contributed by atoms with E-state index in [-0.39, 0.29) is 0 Å². The van der Waals surface area contributed by atoms with Crippen molar-refractivity contribution in [2.75, 3.05) is 5.32 Å². The molecule has 1 aliphatic rings. The Bertz CT molecular complexity index is 885. The van der Waals surface area contributed by atoms with E-state index in [0.717, 1.165) is 39.2 Å². The molecule has 0 unspecified atom stereocenters. The first-order chi connectivity index (χ1) is 10.6. The number of aryl methyl sites for hydroxylation is 4. The van der Waals surface area contributed by atoms with Crippen LogP contribution in [0, 0.1) is 13.8 Å². The minimum Gasteiger partial charge on any atom is -0.339 e. The number of hydrogen-bond donors (Lipinski definition) is 1. The summed E-state index contributed by atoms with van der Waals surface area (Å²) in [6.45, 7) is 4.00. The lowest BCUT2D eigenvalue weighted by Crippen LogP contribution is -2.00. The van der Waals surface area contributed by atoms with Gasteiger partial charge in [-0.05, 0) is 62.4 Å². The van der Waals surface area contributed by atoms with Crippen LogP contribution in [0.1, 0.15) is 28.2 Å². The van der Waals surface area contributed by atoms with Gasteiger partial charge in [0, 0.05) is 15.6 Å². The van der Waals surface area contributed by atoms with Crippen LogP contribution in [-0.2, 0) is 12.8 Å². The highest BCUT2D eigenvalue weighted by molar-refractivity contribution is 7.19. The number of hydrogen-bond acceptors (Lipinski definition) is 4. The van der Waals surface area contributed by atoms with E-state index in [0.29, 0.717) is 0 Å². The number of thiophene rings is 1. The summed E-state index contributed by atoms with van der Waals surface area (Å²) in [5, 5.41) is 5.46. The van der Waals surface area contributed by atoms with Crippen LogP contribution in [0.4, 0.5) is 11.5 Å². The third-order valence-corrected chi connectivity index (χ3v) is 5.54. The molecule has 0 bridgehead atoms. The van der Waals surface area contributed by atoms with Gasteiger partial charge in [-0.2, -0.15) is 0 Å². The maximum absolute atomic E-state index is 6.05. The van der Waals surface area contributed by atoms with Crippen molar-refractivity contribution in [1.82, 2.24) is 9.97 Å². The van der Waals surface area contributed by atoms with Crippen molar-refractivity contribution in [2.45, 2.75) is 33.1 Å². The topological polar surface area (TPSA) is 37.8 Å². The summed E-state index contributed by atoms with van der Waals surface area (Å²) in [7, 11) is 0. The van der Waals surface area contributed by atoms with Crippen LogP contribution in [0.5, 0.6) is 0 Å². The Morgan fingerprint density at radius 3 is 2.86 bits per heavy atom. The molecule has 1 aliphatic carbocycles. The van der Waals surface area contributed by atoms with Crippen LogP contribution in [-0.4, -0.2) is 9.97 Å². The summed E-state index contributed by atoms with van der Waals surface area (Å²) in [5.74, 6) is 1.73. The second-order valence-corrected chi connectivity index (χ2v) is 7.26. The average Bonchev–Trinajstić information content (AvgIpc) is 3.01. The monoisotopic (exact) mass is 329 g/mol. The molecule has 112 valence electrons. The molecule has 0 fully saturated rings. The Balaban J connectivity index is 1.87. The summed E-state index contributed by atoms with van der Waals surface area (Å²) in [6.07, 6.45) is 3.55. The van der Waals surface area contributed by atoms with Gasteiger partial charge in [0.15, 0.2) is 0 Å². The van der Waals surface area contributed by atoms with E-state index in [1.54, 1.807) is 0 Å². The predicted molar refractivity (Wildman–Crippen MR) is 93.6 cm³/mol. The molecule has 0 atom stereocenters. The fourth-order valence-corrected chi connectivity index (χ4v) is 4.62. The molecular weight excluding hydrogens is 314 g/mol. The number of aromatic nitrogens is 2. The minimum atomic E-state index is 0.753. The summed E-state index contributed by atoms with van der Waals surface area (Å²) < 4.78 is 0. The molecule has 3 aromatic rings. The Hall–Kier alpha value is -1.65. The highest BCUT2D eigenvalue weighted by Crippen LogP contribution is 2.40. The minimum absolute atomic E-state index is 0.753. The lowest BCUT2D eigenvalue weighted by Gasteiger charge is -2.11. The third-order valence-electron chi connectivity index (χ3n) is 4.12. The second-order valence-electron chi connectivity index (χ2n) is 5.74. The van der Waals surface area contributed by atoms with Crippen LogP contribution in [0.2, 0.25) is 5.02 Å². The summed E-state index contributed by atoms with van der Waals surface area (Å²) in [4.78, 5) is 11.9. The molecular formula is C17H16ClN3S. The van der Waals surface area contributed by atoms with Crippen molar-refractivity contribution in [2.24, 2.45) is 0 Å². The van der Waals surface area contributed by atoms with Crippen molar-refractivity contribution < 1.29 is 0 Å². The molecule has 1 N–H and O–H groups in total. The first-order valence-electron chi connectivity index (χ1n) is 7.44. The molecule has 0 spiro atoms. The van der Waals surface area contributed by atoms with Gasteiger partial charge in [-0.3, -0.25) is 0 Å². The number of fused-ring (bicyclic) bond motifs is 3. The highest BCUT2D eigenvalue weighted by Gasteiger charge is 2.22. The van der Waals surface area contributed by atoms with Gasteiger partial charge < -0.3 is 5.32 Å². The van der Waals surface area contributed by atoms with Crippen LogP contribution < -0.4 is 5.32 Å². The highest BCUT2D eigenvalue weighted by atomic mass is 35.5. The Morgan fingerprint density at radius 1 is 1.18 bits per heavy atom. The van der Waals surface area contributed by atoms with E-state index in [4.69, 9.17) is 11.6 Å². The van der Waals surface area contributed by atoms with Gasteiger partial charge >= 0.3 is 0 Å². The largest absolute Gasteiger partial charge is 0.339 e. The van der Waals surface area contributed by atoms with Gasteiger partial charge in [0.05, 0.1) is 5.39 Å². The van der Waals surface area contributed by atoms with Gasteiger partial charge in [0.2, 0.25) is 0 Å². The maximum atomic E-state index is 6.05. The van der Waals surface area contributed by atoms with Crippen molar-refractivity contribution in [3.05, 3.63) is 45.1 Å². The zero-order valence-electron chi connectivity index (χ0n) is 12.5. The van der Waals surface area contributed by atoms with Gasteiger partial charge in [-0.25, -0.2) is 9.97 Å². The zero-order valence-corrected chi connectivity index (χ0v) is 14.1. The lowest BCUT2D eigenvalue weighted by atomic mass is 10.1. The number of nitrogens with zero attached hydrogens (tertiary/aromatic N) is 2. The standard InChI is InChI=1S/C17H16ClN3S/c1-9-8-11(18)6-7-13(9)21-16-15-12-4-3-5-14(12)22-17(15)20-10(2)19-16/h6-8H,3-5H2,1-2H3,(H,19,20,21). The van der Waals surface area contributed by atoms with Crippen LogP contribution in [0.3, 0.4) is 0 Å². The molecule has 1 aromatic carbocycles. The predicted octanol–water partition coefficient (Wildman–Crippen LogP) is 5.19. The molecule has 22 heavy (non-hydrogen) atoms. The Morgan fingerprint density at radius 2 is 2.05 bits per heavy atom. The second kappa shape index (κ2) is 5.21. The van der Waals surface area contributed by atoms with Gasteiger partial charge in [-0.1, -0.05) is 11.6 Å². The van der Waals surface area contributed by atoms with E-state index in [1.165, 1.54) is 28.7 Å². The number of nitrogens with one attached hydrogen (secondary N) is 1. The van der Waals surface area contributed by atoms with Crippen LogP contribution in [0.15, 0.2) is 18.2 Å². The van der Waals surface area contributed by atoms with E-state index in [1.807, 2.05) is 36.5 Å². The molecule has 0 aliphatic heterocycles. The molecule has 4 rings (SSSR count). The quantitative estimate of drug-likeness (QED) is 0.702. The number of benzene rings is 1. The van der Waals surface area contributed by atoms with E-state index < -0.39 is 0 Å². The molecule has 0 saturated carbocycles. The number of rotatable bonds is 2. The van der Waals surface area contributed by atoms with Crippen molar-refractivity contribution in [3.8, 4) is 0 Å². The van der Waals surface area contributed by atoms with Gasteiger partial charge in [-0.15, -0.1) is 11.3 Å². The van der Waals surface area contributed by atoms with Gasteiger partial charge in [0.25, 0.3) is 0 Å². The number of halogens is 1. The molecule has 5 heteroatoms. The zero-order chi connectivity index (χ0) is 15.3. The van der Waals surface area contributed by atoms with Crippen molar-refractivity contribution in [3.63, 3.8) is 0 Å². The molecule has 3 nitrogen and oxygen atoms in total. The average molecular weight is 330 g/mol. The summed E-state index contributed by atoms with van der Waals surface area (Å²) >= 11 is 7.87. The van der Waals surface area contributed by atoms with E-state index in [9.17, 15) is 0 Å². The van der Waals surface area contributed by atoms with Crippen LogP contribution >= 0.6 is 22.9 Å². The van der Waals surface area contributed by atoms with Crippen molar-refractivity contribution >= 4 is 44.7 Å². The van der Waals surface area contributed by atoms with Crippen molar-refractivity contribution in [1.29, 1.82) is 0 Å². The molecule has 0 saturated heterocycles. The summed E-state index contributed by atoms with van der Waals surface area (Å²) in [5.41, 5.74) is 3.60. The smallest absolute Gasteiger partial charge is 0.143 e. The fraction of sp³-hybridized carbons (Fsp3) is 0.294. The fourth-order valence-electron chi connectivity index (χ4n) is 3.09. The first kappa shape index (κ1) is 14.0. The molecule has 0 amide bonds. The number of anilines is 2. The first-order valence-corrected chi connectivity index (χ1v) is 8.63. The van der Waals surface area contributed by atoms with Crippen LogP contribution in [0.25, 0.3) is 10.2 Å². The molecule has 2 aromatic heterocycles.